The molecule has 0 radical (unpaired) electrons. The molecule has 0 aliphatic carbocycles. The van der Waals surface area contributed by atoms with Gasteiger partial charge < -0.3 is 14.8 Å². The van der Waals surface area contributed by atoms with Crippen LogP contribution in [0.2, 0.25) is 0 Å². The highest BCUT2D eigenvalue weighted by molar-refractivity contribution is 7.07. The first-order chi connectivity index (χ1) is 12.7. The molecule has 3 aromatic rings. The maximum absolute atomic E-state index is 12.1. The van der Waals surface area contributed by atoms with E-state index in [-0.39, 0.29) is 5.91 Å². The SMILES string of the molecule is CCOc1ccc(Oc2ccccc2NC(=O)/C=C/c2cscn2)cc1. The number of thiazole rings is 1. The molecule has 2 aromatic carbocycles. The van der Waals surface area contributed by atoms with E-state index in [1.54, 1.807) is 23.7 Å². The summed E-state index contributed by atoms with van der Waals surface area (Å²) in [5.41, 5.74) is 3.07. The first kappa shape index (κ1) is 17.7. The van der Waals surface area contributed by atoms with Crippen molar-refractivity contribution in [1.82, 2.24) is 4.98 Å². The van der Waals surface area contributed by atoms with Crippen molar-refractivity contribution in [3.8, 4) is 17.2 Å². The number of benzene rings is 2. The number of rotatable bonds is 7. The molecule has 1 heterocycles. The number of nitrogens with one attached hydrogen (secondary N) is 1. The van der Waals surface area contributed by atoms with Gasteiger partial charge >= 0.3 is 0 Å². The van der Waals surface area contributed by atoms with E-state index in [4.69, 9.17) is 9.47 Å². The lowest BCUT2D eigenvalue weighted by atomic mass is 10.2. The van der Waals surface area contributed by atoms with Gasteiger partial charge in [0.25, 0.3) is 0 Å². The number of carbonyl (C=O) groups is 1. The summed E-state index contributed by atoms with van der Waals surface area (Å²) in [5.74, 6) is 1.76. The van der Waals surface area contributed by atoms with Crippen LogP contribution in [0.5, 0.6) is 17.2 Å². The standard InChI is InChI=1S/C20H18N2O3S/c1-2-24-16-8-10-17(11-9-16)25-19-6-4-3-5-18(19)22-20(23)12-7-15-13-26-14-21-15/h3-14H,2H2,1H3,(H,22,23)/b12-7+. The molecule has 6 heteroatoms. The Hall–Kier alpha value is -3.12. The van der Waals surface area contributed by atoms with Crippen molar-refractivity contribution in [3.63, 3.8) is 0 Å². The Bertz CT molecular complexity index is 874. The van der Waals surface area contributed by atoms with Crippen LogP contribution in [0.4, 0.5) is 5.69 Å². The van der Waals surface area contributed by atoms with E-state index in [0.29, 0.717) is 23.8 Å². The van der Waals surface area contributed by atoms with E-state index in [1.807, 2.05) is 48.7 Å². The normalized spacial score (nSPS) is 10.7. The van der Waals surface area contributed by atoms with Crippen LogP contribution < -0.4 is 14.8 Å². The predicted octanol–water partition coefficient (Wildman–Crippen LogP) is 4.99. The molecule has 132 valence electrons. The number of carbonyl (C=O) groups excluding carboxylic acids is 1. The molecule has 3 rings (SSSR count). The van der Waals surface area contributed by atoms with Crippen molar-refractivity contribution < 1.29 is 14.3 Å². The number of para-hydroxylation sites is 2. The number of nitrogens with zero attached hydrogens (tertiary/aromatic N) is 1. The van der Waals surface area contributed by atoms with E-state index in [0.717, 1.165) is 11.4 Å². The number of hydrogen-bond donors (Lipinski definition) is 1. The number of anilines is 1. The smallest absolute Gasteiger partial charge is 0.248 e. The molecular weight excluding hydrogens is 348 g/mol. The minimum Gasteiger partial charge on any atom is -0.494 e. The zero-order valence-electron chi connectivity index (χ0n) is 14.2. The highest BCUT2D eigenvalue weighted by Crippen LogP contribution is 2.30. The third-order valence-electron chi connectivity index (χ3n) is 3.36. The summed E-state index contributed by atoms with van der Waals surface area (Å²) >= 11 is 1.48. The van der Waals surface area contributed by atoms with Crippen molar-refractivity contribution in [1.29, 1.82) is 0 Å². The first-order valence-corrected chi connectivity index (χ1v) is 9.06. The minimum atomic E-state index is -0.249. The lowest BCUT2D eigenvalue weighted by molar-refractivity contribution is -0.111. The fraction of sp³-hybridized carbons (Fsp3) is 0.100. The Morgan fingerprint density at radius 2 is 1.92 bits per heavy atom. The van der Waals surface area contributed by atoms with Gasteiger partial charge in [-0.3, -0.25) is 4.79 Å². The topological polar surface area (TPSA) is 60.5 Å². The van der Waals surface area contributed by atoms with E-state index in [2.05, 4.69) is 10.3 Å². The number of hydrogen-bond acceptors (Lipinski definition) is 5. The summed E-state index contributed by atoms with van der Waals surface area (Å²) in [7, 11) is 0. The second-order valence-corrected chi connectivity index (χ2v) is 5.96. The Morgan fingerprint density at radius 3 is 2.65 bits per heavy atom. The zero-order chi connectivity index (χ0) is 18.2. The molecule has 26 heavy (non-hydrogen) atoms. The van der Waals surface area contributed by atoms with Crippen molar-refractivity contribution in [3.05, 3.63) is 71.2 Å². The van der Waals surface area contributed by atoms with Crippen LogP contribution in [-0.4, -0.2) is 17.5 Å². The van der Waals surface area contributed by atoms with Crippen LogP contribution in [0, 0.1) is 0 Å². The average Bonchev–Trinajstić information content (AvgIpc) is 3.17. The fourth-order valence-corrected chi connectivity index (χ4v) is 2.72. The Balaban J connectivity index is 1.68. The van der Waals surface area contributed by atoms with Gasteiger partial charge in [0.2, 0.25) is 5.91 Å². The Morgan fingerprint density at radius 1 is 1.15 bits per heavy atom. The van der Waals surface area contributed by atoms with Gasteiger partial charge in [0.05, 0.1) is 23.5 Å². The lowest BCUT2D eigenvalue weighted by Gasteiger charge is -2.12. The van der Waals surface area contributed by atoms with E-state index in [1.165, 1.54) is 17.4 Å². The molecule has 0 spiro atoms. The Labute approximate surface area is 155 Å². The quantitative estimate of drug-likeness (QED) is 0.599. The summed E-state index contributed by atoms with van der Waals surface area (Å²) in [5, 5.41) is 4.69. The van der Waals surface area contributed by atoms with Gasteiger partial charge in [0.15, 0.2) is 5.75 Å². The number of amides is 1. The summed E-state index contributed by atoms with van der Waals surface area (Å²) in [4.78, 5) is 16.2. The monoisotopic (exact) mass is 366 g/mol. The summed E-state index contributed by atoms with van der Waals surface area (Å²) in [6.07, 6.45) is 3.12. The van der Waals surface area contributed by atoms with Gasteiger partial charge in [-0.15, -0.1) is 11.3 Å². The average molecular weight is 366 g/mol. The molecule has 0 saturated carbocycles. The van der Waals surface area contributed by atoms with Crippen molar-refractivity contribution in [2.75, 3.05) is 11.9 Å². The first-order valence-electron chi connectivity index (χ1n) is 8.11. The second-order valence-electron chi connectivity index (χ2n) is 5.24. The highest BCUT2D eigenvalue weighted by atomic mass is 32.1. The molecule has 0 saturated heterocycles. The fourth-order valence-electron chi connectivity index (χ4n) is 2.20. The van der Waals surface area contributed by atoms with Crippen LogP contribution in [-0.2, 0) is 4.79 Å². The molecule has 0 fully saturated rings. The number of aromatic nitrogens is 1. The van der Waals surface area contributed by atoms with Gasteiger partial charge in [0, 0.05) is 11.5 Å². The van der Waals surface area contributed by atoms with Gasteiger partial charge in [-0.1, -0.05) is 12.1 Å². The molecular formula is C20H18N2O3S. The van der Waals surface area contributed by atoms with E-state index >= 15 is 0 Å². The molecule has 1 N–H and O–H groups in total. The molecule has 0 atom stereocenters. The van der Waals surface area contributed by atoms with Gasteiger partial charge in [-0.05, 0) is 49.4 Å². The molecule has 1 amide bonds. The van der Waals surface area contributed by atoms with Crippen molar-refractivity contribution >= 4 is 29.0 Å². The third kappa shape index (κ3) is 4.94. The van der Waals surface area contributed by atoms with Crippen molar-refractivity contribution in [2.45, 2.75) is 6.92 Å². The molecule has 1 aromatic heterocycles. The molecule has 0 bridgehead atoms. The van der Waals surface area contributed by atoms with E-state index in [9.17, 15) is 4.79 Å². The maximum atomic E-state index is 12.1. The van der Waals surface area contributed by atoms with Gasteiger partial charge in [0.1, 0.15) is 11.5 Å². The predicted molar refractivity (Wildman–Crippen MR) is 104 cm³/mol. The minimum absolute atomic E-state index is 0.249. The summed E-state index contributed by atoms with van der Waals surface area (Å²) in [6, 6.07) is 14.6. The van der Waals surface area contributed by atoms with Crippen LogP contribution in [0.15, 0.2) is 65.5 Å². The van der Waals surface area contributed by atoms with Gasteiger partial charge in [-0.25, -0.2) is 4.98 Å². The van der Waals surface area contributed by atoms with Crippen LogP contribution >= 0.6 is 11.3 Å². The molecule has 0 unspecified atom stereocenters. The van der Waals surface area contributed by atoms with Crippen LogP contribution in [0.3, 0.4) is 0 Å². The Kier molecular flexibility index (Phi) is 6.01. The summed E-state index contributed by atoms with van der Waals surface area (Å²) < 4.78 is 11.3. The largest absolute Gasteiger partial charge is 0.494 e. The van der Waals surface area contributed by atoms with Gasteiger partial charge in [-0.2, -0.15) is 0 Å². The zero-order valence-corrected chi connectivity index (χ0v) is 15.0. The summed E-state index contributed by atoms with van der Waals surface area (Å²) in [6.45, 7) is 2.55. The molecule has 0 aliphatic rings. The van der Waals surface area contributed by atoms with Crippen LogP contribution in [0.25, 0.3) is 6.08 Å². The van der Waals surface area contributed by atoms with E-state index < -0.39 is 0 Å². The molecule has 5 nitrogen and oxygen atoms in total. The van der Waals surface area contributed by atoms with Crippen LogP contribution in [0.1, 0.15) is 12.6 Å². The van der Waals surface area contributed by atoms with Crippen molar-refractivity contribution in [2.24, 2.45) is 0 Å². The third-order valence-corrected chi connectivity index (χ3v) is 3.97. The maximum Gasteiger partial charge on any atom is 0.248 e. The second kappa shape index (κ2) is 8.82. The lowest BCUT2D eigenvalue weighted by Crippen LogP contribution is -2.08. The highest BCUT2D eigenvalue weighted by Gasteiger charge is 2.07. The molecule has 0 aliphatic heterocycles. The number of ether oxygens (including phenoxy) is 2.